The van der Waals surface area contributed by atoms with Crippen LogP contribution in [-0.2, 0) is 4.74 Å². The van der Waals surface area contributed by atoms with Crippen molar-refractivity contribution in [2.75, 3.05) is 7.11 Å². The number of ether oxygens (including phenoxy) is 1. The van der Waals surface area contributed by atoms with Gasteiger partial charge >= 0.3 is 5.97 Å². The van der Waals surface area contributed by atoms with E-state index in [1.807, 2.05) is 6.92 Å². The number of hydrogen-bond acceptors (Lipinski definition) is 4. The van der Waals surface area contributed by atoms with Crippen LogP contribution in [0.15, 0.2) is 23.1 Å². The maximum atomic E-state index is 11.5. The van der Waals surface area contributed by atoms with Crippen LogP contribution in [0.25, 0.3) is 10.9 Å². The Bertz CT molecular complexity index is 569. The third-order valence-electron chi connectivity index (χ3n) is 2.30. The summed E-state index contributed by atoms with van der Waals surface area (Å²) in [4.78, 5) is 19.8. The van der Waals surface area contributed by atoms with Gasteiger partial charge in [0, 0.05) is 28.4 Å². The van der Waals surface area contributed by atoms with Gasteiger partial charge in [0.25, 0.3) is 0 Å². The average molecular weight is 281 g/mol. The molecule has 0 N–H and O–H groups in total. The summed E-state index contributed by atoms with van der Waals surface area (Å²) in [6.45, 7) is 1.92. The minimum atomic E-state index is -0.414. The molecule has 0 fully saturated rings. The highest BCUT2D eigenvalue weighted by Gasteiger charge is 2.14. The number of rotatable bonds is 1. The SMILES string of the molecule is COC(=O)c1cnc2c(C)cncc2c1Br. The Balaban J connectivity index is 2.75. The van der Waals surface area contributed by atoms with Gasteiger partial charge in [-0.3, -0.25) is 9.97 Å². The lowest BCUT2D eigenvalue weighted by Crippen LogP contribution is -2.04. The number of carbonyl (C=O) groups excluding carboxylic acids is 1. The molecule has 16 heavy (non-hydrogen) atoms. The van der Waals surface area contributed by atoms with E-state index in [4.69, 9.17) is 0 Å². The summed E-state index contributed by atoms with van der Waals surface area (Å²) in [5, 5.41) is 0.808. The lowest BCUT2D eigenvalue weighted by molar-refractivity contribution is 0.0599. The zero-order valence-corrected chi connectivity index (χ0v) is 10.4. The quantitative estimate of drug-likeness (QED) is 0.753. The Hall–Kier alpha value is -1.49. The van der Waals surface area contributed by atoms with Crippen molar-refractivity contribution in [2.45, 2.75) is 6.92 Å². The van der Waals surface area contributed by atoms with Crippen LogP contribution in [0.4, 0.5) is 0 Å². The summed E-state index contributed by atoms with van der Waals surface area (Å²) in [7, 11) is 1.34. The summed E-state index contributed by atoms with van der Waals surface area (Å²) in [6, 6.07) is 0. The number of aryl methyl sites for hydroxylation is 1. The topological polar surface area (TPSA) is 52.1 Å². The standard InChI is InChI=1S/C11H9BrN2O2/c1-6-3-13-4-7-9(12)8(11(15)16-2)5-14-10(6)7/h3-5H,1-2H3. The minimum Gasteiger partial charge on any atom is -0.465 e. The first-order valence-corrected chi connectivity index (χ1v) is 5.41. The number of methoxy groups -OCH3 is 1. The van der Waals surface area contributed by atoms with E-state index in [1.165, 1.54) is 13.3 Å². The van der Waals surface area contributed by atoms with Crippen molar-refractivity contribution >= 4 is 32.8 Å². The van der Waals surface area contributed by atoms with Crippen LogP contribution < -0.4 is 0 Å². The van der Waals surface area contributed by atoms with Crippen LogP contribution in [0.1, 0.15) is 15.9 Å². The predicted octanol–water partition coefficient (Wildman–Crippen LogP) is 2.49. The Kier molecular flexibility index (Phi) is 2.87. The van der Waals surface area contributed by atoms with Gasteiger partial charge in [-0.15, -0.1) is 0 Å². The number of hydrogen-bond donors (Lipinski definition) is 0. The molecule has 82 valence electrons. The van der Waals surface area contributed by atoms with Crippen molar-refractivity contribution in [1.29, 1.82) is 0 Å². The Morgan fingerprint density at radius 1 is 1.38 bits per heavy atom. The molecular formula is C11H9BrN2O2. The summed E-state index contributed by atoms with van der Waals surface area (Å²) >= 11 is 3.38. The number of esters is 1. The molecule has 2 aromatic rings. The summed E-state index contributed by atoms with van der Waals surface area (Å²) in [5.74, 6) is -0.414. The maximum absolute atomic E-state index is 11.5. The highest BCUT2D eigenvalue weighted by atomic mass is 79.9. The first kappa shape index (κ1) is 11.0. The highest BCUT2D eigenvalue weighted by molar-refractivity contribution is 9.10. The van der Waals surface area contributed by atoms with E-state index >= 15 is 0 Å². The molecule has 2 aromatic heterocycles. The molecule has 0 saturated heterocycles. The zero-order chi connectivity index (χ0) is 11.7. The molecule has 5 heteroatoms. The minimum absolute atomic E-state index is 0.405. The zero-order valence-electron chi connectivity index (χ0n) is 8.82. The summed E-state index contributed by atoms with van der Waals surface area (Å²) < 4.78 is 5.33. The first-order chi connectivity index (χ1) is 7.65. The van der Waals surface area contributed by atoms with Gasteiger partial charge in [-0.25, -0.2) is 4.79 Å². The van der Waals surface area contributed by atoms with E-state index in [1.54, 1.807) is 12.4 Å². The van der Waals surface area contributed by atoms with Crippen LogP contribution in [0.2, 0.25) is 0 Å². The third kappa shape index (κ3) is 1.67. The number of aromatic nitrogens is 2. The summed E-state index contributed by atoms with van der Waals surface area (Å²) in [5.41, 5.74) is 2.20. The molecule has 0 aliphatic carbocycles. The van der Waals surface area contributed by atoms with Gasteiger partial charge in [0.05, 0.1) is 18.2 Å². The molecule has 0 unspecified atom stereocenters. The summed E-state index contributed by atoms with van der Waals surface area (Å²) in [6.07, 6.45) is 4.91. The monoisotopic (exact) mass is 280 g/mol. The van der Waals surface area contributed by atoms with Gasteiger partial charge in [0.2, 0.25) is 0 Å². The van der Waals surface area contributed by atoms with Gasteiger partial charge in [0.15, 0.2) is 0 Å². The van der Waals surface area contributed by atoms with E-state index < -0.39 is 5.97 Å². The van der Waals surface area contributed by atoms with Crippen molar-refractivity contribution in [3.63, 3.8) is 0 Å². The van der Waals surface area contributed by atoms with E-state index in [-0.39, 0.29) is 0 Å². The van der Waals surface area contributed by atoms with Crippen molar-refractivity contribution in [1.82, 2.24) is 9.97 Å². The van der Waals surface area contributed by atoms with E-state index in [0.29, 0.717) is 10.0 Å². The lowest BCUT2D eigenvalue weighted by atomic mass is 10.1. The van der Waals surface area contributed by atoms with Gasteiger partial charge < -0.3 is 4.74 Å². The third-order valence-corrected chi connectivity index (χ3v) is 3.16. The van der Waals surface area contributed by atoms with Crippen LogP contribution in [0.3, 0.4) is 0 Å². The predicted molar refractivity (Wildman–Crippen MR) is 63.3 cm³/mol. The van der Waals surface area contributed by atoms with Gasteiger partial charge in [0.1, 0.15) is 0 Å². The van der Waals surface area contributed by atoms with E-state index in [0.717, 1.165) is 16.5 Å². The highest BCUT2D eigenvalue weighted by Crippen LogP contribution is 2.27. The second-order valence-electron chi connectivity index (χ2n) is 3.33. The fourth-order valence-corrected chi connectivity index (χ4v) is 2.03. The van der Waals surface area contributed by atoms with Gasteiger partial charge in [-0.05, 0) is 28.4 Å². The molecule has 0 amide bonds. The molecule has 0 aliphatic rings. The molecule has 0 aromatic carbocycles. The molecule has 0 saturated carbocycles. The first-order valence-electron chi connectivity index (χ1n) is 4.62. The molecule has 2 rings (SSSR count). The number of halogens is 1. The Morgan fingerprint density at radius 3 is 2.81 bits per heavy atom. The molecule has 0 atom stereocenters. The van der Waals surface area contributed by atoms with Crippen LogP contribution in [0, 0.1) is 6.92 Å². The van der Waals surface area contributed by atoms with E-state index in [9.17, 15) is 4.79 Å². The van der Waals surface area contributed by atoms with Crippen LogP contribution >= 0.6 is 15.9 Å². The fraction of sp³-hybridized carbons (Fsp3) is 0.182. The van der Waals surface area contributed by atoms with Crippen molar-refractivity contribution in [3.05, 3.63) is 34.2 Å². The molecule has 2 heterocycles. The number of nitrogens with zero attached hydrogens (tertiary/aromatic N) is 2. The number of pyridine rings is 2. The Labute approximate surface area is 101 Å². The molecule has 0 radical (unpaired) electrons. The normalized spacial score (nSPS) is 10.4. The fourth-order valence-electron chi connectivity index (χ4n) is 1.47. The number of carbonyl (C=O) groups is 1. The molecule has 0 spiro atoms. The van der Waals surface area contributed by atoms with E-state index in [2.05, 4.69) is 30.6 Å². The second kappa shape index (κ2) is 4.17. The molecular weight excluding hydrogens is 272 g/mol. The van der Waals surface area contributed by atoms with Crippen LogP contribution in [-0.4, -0.2) is 23.0 Å². The largest absolute Gasteiger partial charge is 0.465 e. The smallest absolute Gasteiger partial charge is 0.340 e. The lowest BCUT2D eigenvalue weighted by Gasteiger charge is -2.06. The van der Waals surface area contributed by atoms with Crippen molar-refractivity contribution < 1.29 is 9.53 Å². The molecule has 0 aliphatic heterocycles. The maximum Gasteiger partial charge on any atom is 0.340 e. The van der Waals surface area contributed by atoms with Gasteiger partial charge in [-0.1, -0.05) is 0 Å². The average Bonchev–Trinajstić information content (AvgIpc) is 2.30. The number of fused-ring (bicyclic) bond motifs is 1. The van der Waals surface area contributed by atoms with Crippen molar-refractivity contribution in [2.24, 2.45) is 0 Å². The Morgan fingerprint density at radius 2 is 2.12 bits per heavy atom. The van der Waals surface area contributed by atoms with Crippen molar-refractivity contribution in [3.8, 4) is 0 Å². The molecule has 4 nitrogen and oxygen atoms in total. The van der Waals surface area contributed by atoms with Crippen LogP contribution in [0.5, 0.6) is 0 Å². The second-order valence-corrected chi connectivity index (χ2v) is 4.12. The van der Waals surface area contributed by atoms with Gasteiger partial charge in [-0.2, -0.15) is 0 Å². The molecule has 0 bridgehead atoms.